The van der Waals surface area contributed by atoms with E-state index in [0.717, 1.165) is 40.8 Å². The normalized spacial score (nSPS) is 17.9. The molecule has 1 aromatic carbocycles. The topological polar surface area (TPSA) is 37.8 Å². The van der Waals surface area contributed by atoms with Crippen molar-refractivity contribution < 1.29 is 0 Å². The van der Waals surface area contributed by atoms with Crippen LogP contribution >= 0.6 is 27.5 Å². The summed E-state index contributed by atoms with van der Waals surface area (Å²) in [5, 5.41) is 4.03. The highest BCUT2D eigenvalue weighted by Crippen LogP contribution is 2.32. The van der Waals surface area contributed by atoms with Crippen molar-refractivity contribution >= 4 is 27.5 Å². The molecule has 2 aromatic rings. The number of fused-ring (bicyclic) bond motifs is 1. The molecule has 0 amide bonds. The van der Waals surface area contributed by atoms with Crippen molar-refractivity contribution in [1.82, 2.24) is 15.3 Å². The Kier molecular flexibility index (Phi) is 4.06. The molecule has 0 radical (unpaired) electrons. The second-order valence-corrected chi connectivity index (χ2v) is 6.24. The molecule has 1 aromatic heterocycles. The first-order valence-electron chi connectivity index (χ1n) is 6.67. The zero-order valence-corrected chi connectivity index (χ0v) is 13.5. The number of hydrogen-bond acceptors (Lipinski definition) is 3. The first-order valence-corrected chi connectivity index (χ1v) is 7.84. The maximum atomic E-state index is 5.98. The van der Waals surface area contributed by atoms with E-state index in [4.69, 9.17) is 16.6 Å². The standard InChI is InChI=1S/C15H15BrClN3/c1-18-13-3-2-4-14-11(13)8-19-15(20-14)10-6-5-9(17)7-12(10)16/h5-8,13,18H,2-4H2,1H3. The summed E-state index contributed by atoms with van der Waals surface area (Å²) in [5.74, 6) is 0.754. The van der Waals surface area contributed by atoms with Gasteiger partial charge in [-0.15, -0.1) is 0 Å². The van der Waals surface area contributed by atoms with Gasteiger partial charge >= 0.3 is 0 Å². The highest BCUT2D eigenvalue weighted by molar-refractivity contribution is 9.10. The lowest BCUT2D eigenvalue weighted by molar-refractivity contribution is 0.488. The second-order valence-electron chi connectivity index (χ2n) is 4.95. The van der Waals surface area contributed by atoms with Gasteiger partial charge in [0.25, 0.3) is 0 Å². The minimum atomic E-state index is 0.376. The molecule has 0 spiro atoms. The lowest BCUT2D eigenvalue weighted by atomic mass is 9.92. The fraction of sp³-hybridized carbons (Fsp3) is 0.333. The van der Waals surface area contributed by atoms with Gasteiger partial charge in [0.05, 0.1) is 0 Å². The number of nitrogens with zero attached hydrogens (tertiary/aromatic N) is 2. The molecule has 0 fully saturated rings. The molecule has 0 bridgehead atoms. The summed E-state index contributed by atoms with van der Waals surface area (Å²) in [5.41, 5.74) is 3.36. The van der Waals surface area contributed by atoms with Gasteiger partial charge in [-0.25, -0.2) is 9.97 Å². The van der Waals surface area contributed by atoms with Gasteiger partial charge in [0, 0.05) is 38.6 Å². The number of aromatic nitrogens is 2. The van der Waals surface area contributed by atoms with Crippen molar-refractivity contribution in [1.29, 1.82) is 0 Å². The number of halogens is 2. The number of rotatable bonds is 2. The molecule has 5 heteroatoms. The van der Waals surface area contributed by atoms with Crippen LogP contribution in [0, 0.1) is 0 Å². The van der Waals surface area contributed by atoms with Crippen LogP contribution in [0.15, 0.2) is 28.9 Å². The Morgan fingerprint density at radius 3 is 3.00 bits per heavy atom. The number of nitrogens with one attached hydrogen (secondary N) is 1. The molecular formula is C15H15BrClN3. The number of benzene rings is 1. The van der Waals surface area contributed by atoms with Crippen molar-refractivity contribution in [3.63, 3.8) is 0 Å². The first-order chi connectivity index (χ1) is 9.69. The van der Waals surface area contributed by atoms with E-state index < -0.39 is 0 Å². The largest absolute Gasteiger partial charge is 0.313 e. The highest BCUT2D eigenvalue weighted by Gasteiger charge is 2.21. The average Bonchev–Trinajstić information content (AvgIpc) is 2.46. The monoisotopic (exact) mass is 351 g/mol. The second kappa shape index (κ2) is 5.80. The van der Waals surface area contributed by atoms with Crippen molar-refractivity contribution in [3.05, 3.63) is 45.1 Å². The Hall–Kier alpha value is -0.970. The third-order valence-electron chi connectivity index (χ3n) is 3.70. The predicted molar refractivity (Wildman–Crippen MR) is 84.9 cm³/mol. The summed E-state index contributed by atoms with van der Waals surface area (Å²) in [6, 6.07) is 6.06. The third-order valence-corrected chi connectivity index (χ3v) is 4.59. The van der Waals surface area contributed by atoms with Gasteiger partial charge in [-0.05, 0) is 60.4 Å². The minimum absolute atomic E-state index is 0.376. The number of aryl methyl sites for hydroxylation is 1. The van der Waals surface area contributed by atoms with Crippen molar-refractivity contribution in [2.24, 2.45) is 0 Å². The zero-order valence-electron chi connectivity index (χ0n) is 11.2. The molecule has 20 heavy (non-hydrogen) atoms. The van der Waals surface area contributed by atoms with E-state index in [0.29, 0.717) is 11.1 Å². The Morgan fingerprint density at radius 2 is 2.25 bits per heavy atom. The van der Waals surface area contributed by atoms with E-state index in [-0.39, 0.29) is 0 Å². The maximum absolute atomic E-state index is 5.98. The molecule has 1 N–H and O–H groups in total. The molecule has 0 aliphatic heterocycles. The fourth-order valence-electron chi connectivity index (χ4n) is 2.65. The lowest BCUT2D eigenvalue weighted by Gasteiger charge is -2.24. The van der Waals surface area contributed by atoms with Gasteiger partial charge in [-0.2, -0.15) is 0 Å². The molecule has 104 valence electrons. The van der Waals surface area contributed by atoms with Crippen LogP contribution in [0.5, 0.6) is 0 Å². The van der Waals surface area contributed by atoms with Crippen molar-refractivity contribution in [2.45, 2.75) is 25.3 Å². The Balaban J connectivity index is 2.04. The van der Waals surface area contributed by atoms with Gasteiger partial charge in [0.1, 0.15) is 0 Å². The van der Waals surface area contributed by atoms with E-state index in [2.05, 4.69) is 26.2 Å². The van der Waals surface area contributed by atoms with Crippen LogP contribution in [0.1, 0.15) is 30.1 Å². The molecule has 0 saturated heterocycles. The van der Waals surface area contributed by atoms with E-state index >= 15 is 0 Å². The van der Waals surface area contributed by atoms with Crippen LogP contribution in [-0.2, 0) is 6.42 Å². The average molecular weight is 353 g/mol. The summed E-state index contributed by atoms with van der Waals surface area (Å²) in [6.45, 7) is 0. The number of hydrogen-bond donors (Lipinski definition) is 1. The van der Waals surface area contributed by atoms with Crippen LogP contribution in [0.2, 0.25) is 5.02 Å². The predicted octanol–water partition coefficient (Wildman–Crippen LogP) is 4.16. The van der Waals surface area contributed by atoms with Crippen LogP contribution < -0.4 is 5.32 Å². The van der Waals surface area contributed by atoms with Gasteiger partial charge in [-0.1, -0.05) is 11.6 Å². The molecule has 1 unspecified atom stereocenters. The van der Waals surface area contributed by atoms with E-state index in [1.165, 1.54) is 5.56 Å². The van der Waals surface area contributed by atoms with Crippen LogP contribution in [-0.4, -0.2) is 17.0 Å². The molecular weight excluding hydrogens is 338 g/mol. The van der Waals surface area contributed by atoms with E-state index in [9.17, 15) is 0 Å². The molecule has 1 aliphatic carbocycles. The SMILES string of the molecule is CNC1CCCc2nc(-c3ccc(Cl)cc3Br)ncc21. The lowest BCUT2D eigenvalue weighted by Crippen LogP contribution is -2.22. The molecule has 0 saturated carbocycles. The molecule has 3 nitrogen and oxygen atoms in total. The Labute approximate surface area is 131 Å². The first kappa shape index (κ1) is 14.0. The zero-order chi connectivity index (χ0) is 14.1. The van der Waals surface area contributed by atoms with Crippen LogP contribution in [0.3, 0.4) is 0 Å². The highest BCUT2D eigenvalue weighted by atomic mass is 79.9. The summed E-state index contributed by atoms with van der Waals surface area (Å²) < 4.78 is 0.922. The molecule has 3 rings (SSSR count). The Morgan fingerprint density at radius 1 is 1.40 bits per heavy atom. The van der Waals surface area contributed by atoms with Crippen molar-refractivity contribution in [2.75, 3.05) is 7.05 Å². The van der Waals surface area contributed by atoms with Gasteiger partial charge in [0.2, 0.25) is 0 Å². The molecule has 1 aliphatic rings. The van der Waals surface area contributed by atoms with Crippen molar-refractivity contribution in [3.8, 4) is 11.4 Å². The third kappa shape index (κ3) is 2.60. The van der Waals surface area contributed by atoms with Gasteiger partial charge in [-0.3, -0.25) is 0 Å². The molecule has 1 atom stereocenters. The quantitative estimate of drug-likeness (QED) is 0.882. The van der Waals surface area contributed by atoms with Gasteiger partial charge in [0.15, 0.2) is 5.82 Å². The fourth-order valence-corrected chi connectivity index (χ4v) is 3.51. The smallest absolute Gasteiger partial charge is 0.160 e. The summed E-state index contributed by atoms with van der Waals surface area (Å²) in [7, 11) is 1.99. The molecule has 1 heterocycles. The van der Waals surface area contributed by atoms with Crippen LogP contribution in [0.4, 0.5) is 0 Å². The summed E-state index contributed by atoms with van der Waals surface area (Å²) >= 11 is 9.51. The van der Waals surface area contributed by atoms with E-state index in [1.807, 2.05) is 31.4 Å². The minimum Gasteiger partial charge on any atom is -0.313 e. The maximum Gasteiger partial charge on any atom is 0.160 e. The Bertz CT molecular complexity index is 645. The van der Waals surface area contributed by atoms with Crippen LogP contribution in [0.25, 0.3) is 11.4 Å². The summed E-state index contributed by atoms with van der Waals surface area (Å²) in [6.07, 6.45) is 5.29. The summed E-state index contributed by atoms with van der Waals surface area (Å²) in [4.78, 5) is 9.27. The van der Waals surface area contributed by atoms with E-state index in [1.54, 1.807) is 0 Å². The van der Waals surface area contributed by atoms with Gasteiger partial charge < -0.3 is 5.32 Å².